The SMILES string of the molecule is Nc1cc(Nc2ccccc2F)nc(C(=O)N2CCN(c3ccccc3)CC2)c1. The Hall–Kier alpha value is -3.61. The van der Waals surface area contributed by atoms with Crippen molar-refractivity contribution in [2.45, 2.75) is 0 Å². The fraction of sp³-hybridized carbons (Fsp3) is 0.182. The number of nitrogens with zero attached hydrogens (tertiary/aromatic N) is 3. The molecule has 0 aliphatic carbocycles. The van der Waals surface area contributed by atoms with Crippen molar-refractivity contribution in [1.29, 1.82) is 0 Å². The number of rotatable bonds is 4. The first-order valence-corrected chi connectivity index (χ1v) is 9.48. The Morgan fingerprint density at radius 1 is 0.966 bits per heavy atom. The van der Waals surface area contributed by atoms with Crippen molar-refractivity contribution in [3.63, 3.8) is 0 Å². The largest absolute Gasteiger partial charge is 0.399 e. The van der Waals surface area contributed by atoms with E-state index in [2.05, 4.69) is 27.3 Å². The lowest BCUT2D eigenvalue weighted by molar-refractivity contribution is 0.0741. The average Bonchev–Trinajstić information content (AvgIpc) is 2.75. The summed E-state index contributed by atoms with van der Waals surface area (Å²) >= 11 is 0. The zero-order chi connectivity index (χ0) is 20.2. The van der Waals surface area contributed by atoms with Crippen molar-refractivity contribution in [3.8, 4) is 0 Å². The molecule has 1 amide bonds. The van der Waals surface area contributed by atoms with Gasteiger partial charge in [-0.2, -0.15) is 0 Å². The van der Waals surface area contributed by atoms with Crippen molar-refractivity contribution in [3.05, 3.63) is 78.2 Å². The third kappa shape index (κ3) is 4.29. The Balaban J connectivity index is 1.46. The fourth-order valence-corrected chi connectivity index (χ4v) is 3.39. The third-order valence-electron chi connectivity index (χ3n) is 4.89. The van der Waals surface area contributed by atoms with Crippen LogP contribution < -0.4 is 16.0 Å². The van der Waals surface area contributed by atoms with E-state index in [4.69, 9.17) is 5.73 Å². The van der Waals surface area contributed by atoms with E-state index in [0.717, 1.165) is 18.8 Å². The van der Waals surface area contributed by atoms with Crippen LogP contribution in [0.5, 0.6) is 0 Å². The summed E-state index contributed by atoms with van der Waals surface area (Å²) in [5.74, 6) is -0.246. The Morgan fingerprint density at radius 3 is 2.38 bits per heavy atom. The third-order valence-corrected chi connectivity index (χ3v) is 4.89. The van der Waals surface area contributed by atoms with Gasteiger partial charge in [0.05, 0.1) is 5.69 Å². The highest BCUT2D eigenvalue weighted by Gasteiger charge is 2.23. The second kappa shape index (κ2) is 8.18. The van der Waals surface area contributed by atoms with Crippen LogP contribution in [-0.4, -0.2) is 42.0 Å². The maximum absolute atomic E-state index is 13.9. The summed E-state index contributed by atoms with van der Waals surface area (Å²) in [7, 11) is 0. The van der Waals surface area contributed by atoms with Crippen molar-refractivity contribution in [1.82, 2.24) is 9.88 Å². The number of piperazine rings is 1. The van der Waals surface area contributed by atoms with E-state index in [1.165, 1.54) is 6.07 Å². The van der Waals surface area contributed by atoms with Gasteiger partial charge < -0.3 is 20.9 Å². The number of para-hydroxylation sites is 2. The van der Waals surface area contributed by atoms with Crippen LogP contribution in [0.1, 0.15) is 10.5 Å². The number of hydrogen-bond acceptors (Lipinski definition) is 5. The topological polar surface area (TPSA) is 74.5 Å². The van der Waals surface area contributed by atoms with E-state index >= 15 is 0 Å². The van der Waals surface area contributed by atoms with Gasteiger partial charge in [-0.05, 0) is 30.3 Å². The standard InChI is InChI=1S/C22H22FN5O/c23-18-8-4-5-9-19(18)25-21-15-16(24)14-20(26-21)22(29)28-12-10-27(11-13-28)17-6-2-1-3-7-17/h1-9,14-15H,10-13H2,(H3,24,25,26). The minimum atomic E-state index is -0.401. The number of hydrogen-bond donors (Lipinski definition) is 2. The molecule has 1 aliphatic heterocycles. The summed E-state index contributed by atoms with van der Waals surface area (Å²) in [5, 5.41) is 2.89. The van der Waals surface area contributed by atoms with Crippen LogP contribution in [-0.2, 0) is 0 Å². The molecule has 1 fully saturated rings. The first-order chi connectivity index (χ1) is 14.1. The predicted octanol–water partition coefficient (Wildman–Crippen LogP) is 3.51. The molecule has 0 saturated carbocycles. The maximum Gasteiger partial charge on any atom is 0.272 e. The molecule has 1 aliphatic rings. The first-order valence-electron chi connectivity index (χ1n) is 9.48. The Morgan fingerprint density at radius 2 is 1.66 bits per heavy atom. The van der Waals surface area contributed by atoms with Crippen LogP contribution in [0.15, 0.2) is 66.7 Å². The average molecular weight is 391 g/mol. The lowest BCUT2D eigenvalue weighted by Gasteiger charge is -2.36. The van der Waals surface area contributed by atoms with E-state index in [9.17, 15) is 9.18 Å². The molecule has 0 spiro atoms. The number of halogens is 1. The van der Waals surface area contributed by atoms with Gasteiger partial charge in [0, 0.05) is 43.6 Å². The van der Waals surface area contributed by atoms with Crippen LogP contribution in [0.3, 0.4) is 0 Å². The Bertz CT molecular complexity index is 1000. The second-order valence-electron chi connectivity index (χ2n) is 6.89. The summed E-state index contributed by atoms with van der Waals surface area (Å²) < 4.78 is 13.9. The minimum Gasteiger partial charge on any atom is -0.399 e. The first kappa shape index (κ1) is 18.7. The maximum atomic E-state index is 13.9. The molecule has 2 heterocycles. The summed E-state index contributed by atoms with van der Waals surface area (Å²) in [6, 6.07) is 19.6. The highest BCUT2D eigenvalue weighted by molar-refractivity contribution is 5.94. The molecule has 3 aromatic rings. The van der Waals surface area contributed by atoms with Crippen molar-refractivity contribution < 1.29 is 9.18 Å². The summed E-state index contributed by atoms with van der Waals surface area (Å²) in [5.41, 5.74) is 8.03. The number of benzene rings is 2. The molecule has 0 atom stereocenters. The molecule has 4 rings (SSSR count). The predicted molar refractivity (Wildman–Crippen MR) is 113 cm³/mol. The van der Waals surface area contributed by atoms with Crippen LogP contribution in [0.25, 0.3) is 0 Å². The van der Waals surface area contributed by atoms with Gasteiger partial charge in [-0.3, -0.25) is 4.79 Å². The van der Waals surface area contributed by atoms with E-state index < -0.39 is 5.82 Å². The lowest BCUT2D eigenvalue weighted by atomic mass is 10.2. The molecule has 29 heavy (non-hydrogen) atoms. The Kier molecular flexibility index (Phi) is 5.29. The molecule has 1 saturated heterocycles. The number of amides is 1. The molecule has 148 valence electrons. The van der Waals surface area contributed by atoms with Crippen LogP contribution in [0.4, 0.5) is 27.3 Å². The number of carbonyl (C=O) groups excluding carboxylic acids is 1. The molecule has 1 aromatic heterocycles. The highest BCUT2D eigenvalue weighted by atomic mass is 19.1. The zero-order valence-electron chi connectivity index (χ0n) is 15.9. The normalized spacial score (nSPS) is 14.0. The van der Waals surface area contributed by atoms with E-state index in [1.54, 1.807) is 35.2 Å². The van der Waals surface area contributed by atoms with Gasteiger partial charge in [-0.15, -0.1) is 0 Å². The fourth-order valence-electron chi connectivity index (χ4n) is 3.39. The van der Waals surface area contributed by atoms with E-state index in [-0.39, 0.29) is 17.3 Å². The molecular weight excluding hydrogens is 369 g/mol. The molecule has 0 bridgehead atoms. The highest BCUT2D eigenvalue weighted by Crippen LogP contribution is 2.22. The zero-order valence-corrected chi connectivity index (χ0v) is 15.9. The van der Waals surface area contributed by atoms with Crippen molar-refractivity contribution in [2.75, 3.05) is 42.1 Å². The quantitative estimate of drug-likeness (QED) is 0.712. The molecule has 0 radical (unpaired) electrons. The van der Waals surface area contributed by atoms with Crippen molar-refractivity contribution >= 4 is 28.8 Å². The van der Waals surface area contributed by atoms with Gasteiger partial charge in [-0.1, -0.05) is 30.3 Å². The summed E-state index contributed by atoms with van der Waals surface area (Å²) in [6.07, 6.45) is 0. The molecular formula is C22H22FN5O. The van der Waals surface area contributed by atoms with Gasteiger partial charge in [0.25, 0.3) is 5.91 Å². The summed E-state index contributed by atoms with van der Waals surface area (Å²) in [6.45, 7) is 2.69. The molecule has 6 nitrogen and oxygen atoms in total. The van der Waals surface area contributed by atoms with Gasteiger partial charge in [0.2, 0.25) is 0 Å². The lowest BCUT2D eigenvalue weighted by Crippen LogP contribution is -2.49. The number of anilines is 4. The van der Waals surface area contributed by atoms with Gasteiger partial charge in [0.15, 0.2) is 0 Å². The van der Waals surface area contributed by atoms with Gasteiger partial charge >= 0.3 is 0 Å². The molecule has 2 aromatic carbocycles. The smallest absolute Gasteiger partial charge is 0.272 e. The van der Waals surface area contributed by atoms with Crippen LogP contribution in [0.2, 0.25) is 0 Å². The van der Waals surface area contributed by atoms with Gasteiger partial charge in [0.1, 0.15) is 17.3 Å². The van der Waals surface area contributed by atoms with Crippen LogP contribution in [0, 0.1) is 5.82 Å². The van der Waals surface area contributed by atoms with Crippen LogP contribution >= 0.6 is 0 Å². The Labute approximate surface area is 168 Å². The number of nitrogen functional groups attached to an aromatic ring is 1. The second-order valence-corrected chi connectivity index (χ2v) is 6.89. The van der Waals surface area contributed by atoms with E-state index in [1.807, 2.05) is 18.2 Å². The van der Waals surface area contributed by atoms with Gasteiger partial charge in [-0.25, -0.2) is 9.37 Å². The number of aromatic nitrogens is 1. The number of nitrogens with two attached hydrogens (primary N) is 1. The minimum absolute atomic E-state index is 0.179. The number of nitrogens with one attached hydrogen (secondary N) is 1. The number of pyridine rings is 1. The molecule has 7 heteroatoms. The summed E-state index contributed by atoms with van der Waals surface area (Å²) in [4.78, 5) is 21.3. The molecule has 0 unspecified atom stereocenters. The van der Waals surface area contributed by atoms with E-state index in [0.29, 0.717) is 24.6 Å². The molecule has 3 N–H and O–H groups in total. The van der Waals surface area contributed by atoms with Crippen molar-refractivity contribution in [2.24, 2.45) is 0 Å². The number of carbonyl (C=O) groups is 1. The monoisotopic (exact) mass is 391 g/mol.